The molecular formula is C22H22N2O5. The van der Waals surface area contributed by atoms with Gasteiger partial charge in [0.15, 0.2) is 29.4 Å². The molecule has 0 aliphatic rings. The van der Waals surface area contributed by atoms with Crippen LogP contribution < -0.4 is 19.5 Å². The van der Waals surface area contributed by atoms with Crippen LogP contribution in [0, 0.1) is 11.3 Å². The molecule has 150 valence electrons. The molecule has 3 aromatic rings. The molecule has 0 fully saturated rings. The van der Waals surface area contributed by atoms with E-state index in [9.17, 15) is 4.79 Å². The highest BCUT2D eigenvalue weighted by Crippen LogP contribution is 2.31. The smallest absolute Gasteiger partial charge is 0.258 e. The predicted octanol–water partition coefficient (Wildman–Crippen LogP) is 3.97. The SMILES string of the molecule is CCOc1cccc2cc(C(C)NC(=O)COc3ccc(C#N)cc3OC)oc12. The highest BCUT2D eigenvalue weighted by Gasteiger charge is 2.17. The van der Waals surface area contributed by atoms with Crippen molar-refractivity contribution in [2.24, 2.45) is 0 Å². The number of carbonyl (C=O) groups is 1. The van der Waals surface area contributed by atoms with Gasteiger partial charge in [-0.2, -0.15) is 5.26 Å². The van der Waals surface area contributed by atoms with Gasteiger partial charge in [0.1, 0.15) is 5.76 Å². The summed E-state index contributed by atoms with van der Waals surface area (Å²) in [5.41, 5.74) is 1.10. The van der Waals surface area contributed by atoms with Crippen molar-refractivity contribution >= 4 is 16.9 Å². The zero-order valence-corrected chi connectivity index (χ0v) is 16.5. The number of furan rings is 1. The van der Waals surface area contributed by atoms with E-state index in [-0.39, 0.29) is 18.6 Å². The molecule has 0 saturated heterocycles. The van der Waals surface area contributed by atoms with Crippen LogP contribution in [0.4, 0.5) is 0 Å². The number of nitrogens with one attached hydrogen (secondary N) is 1. The van der Waals surface area contributed by atoms with Crippen LogP contribution in [0.5, 0.6) is 17.2 Å². The van der Waals surface area contributed by atoms with E-state index < -0.39 is 0 Å². The summed E-state index contributed by atoms with van der Waals surface area (Å²) < 4.78 is 22.2. The standard InChI is InChI=1S/C22H22N2O5/c1-4-27-18-7-5-6-16-11-19(29-22(16)18)14(2)24-21(25)13-28-17-9-8-15(12-23)10-20(17)26-3/h5-11,14H,4,13H2,1-3H3,(H,24,25). The van der Waals surface area contributed by atoms with E-state index in [4.69, 9.17) is 23.9 Å². The maximum absolute atomic E-state index is 12.3. The average Bonchev–Trinajstić information content (AvgIpc) is 3.18. The Hall–Kier alpha value is -3.66. The number of para-hydroxylation sites is 1. The van der Waals surface area contributed by atoms with Gasteiger partial charge >= 0.3 is 0 Å². The van der Waals surface area contributed by atoms with Gasteiger partial charge in [-0.15, -0.1) is 0 Å². The highest BCUT2D eigenvalue weighted by atomic mass is 16.5. The van der Waals surface area contributed by atoms with E-state index >= 15 is 0 Å². The molecule has 0 radical (unpaired) electrons. The van der Waals surface area contributed by atoms with E-state index in [1.807, 2.05) is 44.2 Å². The summed E-state index contributed by atoms with van der Waals surface area (Å²) >= 11 is 0. The number of carbonyl (C=O) groups excluding carboxylic acids is 1. The molecule has 1 heterocycles. The maximum atomic E-state index is 12.3. The highest BCUT2D eigenvalue weighted by molar-refractivity contribution is 5.84. The molecule has 7 heteroatoms. The zero-order chi connectivity index (χ0) is 20.8. The van der Waals surface area contributed by atoms with Crippen molar-refractivity contribution < 1.29 is 23.4 Å². The minimum atomic E-state index is -0.351. The van der Waals surface area contributed by atoms with Crippen LogP contribution in [0.3, 0.4) is 0 Å². The molecule has 0 bridgehead atoms. The summed E-state index contributed by atoms with van der Waals surface area (Å²) in [6.45, 7) is 4.08. The number of benzene rings is 2. The van der Waals surface area contributed by atoms with Gasteiger partial charge in [0.2, 0.25) is 0 Å². The lowest BCUT2D eigenvalue weighted by Gasteiger charge is -2.13. The van der Waals surface area contributed by atoms with Crippen LogP contribution in [0.25, 0.3) is 11.0 Å². The van der Waals surface area contributed by atoms with Gasteiger partial charge in [-0.1, -0.05) is 12.1 Å². The number of hydrogen-bond acceptors (Lipinski definition) is 6. The van der Waals surface area contributed by atoms with Crippen LogP contribution in [0.1, 0.15) is 31.2 Å². The molecule has 0 saturated carbocycles. The van der Waals surface area contributed by atoms with Gasteiger partial charge in [0, 0.05) is 11.5 Å². The largest absolute Gasteiger partial charge is 0.493 e. The number of hydrogen-bond donors (Lipinski definition) is 1. The molecule has 1 N–H and O–H groups in total. The van der Waals surface area contributed by atoms with Crippen LogP contribution in [-0.2, 0) is 4.79 Å². The molecule has 0 spiro atoms. The van der Waals surface area contributed by atoms with Crippen LogP contribution >= 0.6 is 0 Å². The first-order valence-electron chi connectivity index (χ1n) is 9.21. The number of methoxy groups -OCH3 is 1. The molecule has 0 aliphatic heterocycles. The monoisotopic (exact) mass is 394 g/mol. The van der Waals surface area contributed by atoms with Gasteiger partial charge in [-0.3, -0.25) is 4.79 Å². The molecule has 1 unspecified atom stereocenters. The predicted molar refractivity (Wildman–Crippen MR) is 107 cm³/mol. The number of nitrogens with zero attached hydrogens (tertiary/aromatic N) is 1. The topological polar surface area (TPSA) is 93.7 Å². The van der Waals surface area contributed by atoms with Crippen LogP contribution in [0.2, 0.25) is 0 Å². The minimum Gasteiger partial charge on any atom is -0.493 e. The van der Waals surface area contributed by atoms with Gasteiger partial charge in [-0.05, 0) is 38.1 Å². The Morgan fingerprint density at radius 3 is 2.72 bits per heavy atom. The average molecular weight is 394 g/mol. The molecule has 3 rings (SSSR count). The lowest BCUT2D eigenvalue weighted by molar-refractivity contribution is -0.123. The Balaban J connectivity index is 1.65. The summed E-state index contributed by atoms with van der Waals surface area (Å²) in [7, 11) is 1.48. The number of rotatable bonds is 8. The summed E-state index contributed by atoms with van der Waals surface area (Å²) in [5, 5.41) is 12.7. The van der Waals surface area contributed by atoms with Crippen molar-refractivity contribution in [1.29, 1.82) is 5.26 Å². The van der Waals surface area contributed by atoms with Gasteiger partial charge in [0.05, 0.1) is 31.4 Å². The van der Waals surface area contributed by atoms with E-state index in [1.165, 1.54) is 7.11 Å². The normalized spacial score (nSPS) is 11.5. The maximum Gasteiger partial charge on any atom is 0.258 e. The van der Waals surface area contributed by atoms with Crippen molar-refractivity contribution in [2.75, 3.05) is 20.3 Å². The summed E-state index contributed by atoms with van der Waals surface area (Å²) in [6.07, 6.45) is 0. The molecule has 2 aromatic carbocycles. The number of fused-ring (bicyclic) bond motifs is 1. The zero-order valence-electron chi connectivity index (χ0n) is 16.5. The number of nitriles is 1. The van der Waals surface area contributed by atoms with E-state index in [2.05, 4.69) is 5.32 Å². The number of ether oxygens (including phenoxy) is 3. The fourth-order valence-corrected chi connectivity index (χ4v) is 2.89. The lowest BCUT2D eigenvalue weighted by Crippen LogP contribution is -2.31. The third kappa shape index (κ3) is 4.61. The van der Waals surface area contributed by atoms with Crippen molar-refractivity contribution in [2.45, 2.75) is 19.9 Å². The first-order valence-corrected chi connectivity index (χ1v) is 9.21. The third-order valence-corrected chi connectivity index (χ3v) is 4.28. The van der Waals surface area contributed by atoms with Crippen molar-refractivity contribution in [3.05, 3.63) is 53.8 Å². The second kappa shape index (κ2) is 9.02. The molecule has 29 heavy (non-hydrogen) atoms. The quantitative estimate of drug-likeness (QED) is 0.621. The first-order chi connectivity index (χ1) is 14.0. The summed E-state index contributed by atoms with van der Waals surface area (Å²) in [5.74, 6) is 1.77. The number of amides is 1. The summed E-state index contributed by atoms with van der Waals surface area (Å²) in [6, 6.07) is 14.0. The van der Waals surface area contributed by atoms with E-state index in [0.29, 0.717) is 40.8 Å². The van der Waals surface area contributed by atoms with Gasteiger partial charge in [0.25, 0.3) is 5.91 Å². The second-order valence-electron chi connectivity index (χ2n) is 6.31. The first kappa shape index (κ1) is 20.1. The summed E-state index contributed by atoms with van der Waals surface area (Å²) in [4.78, 5) is 12.3. The van der Waals surface area contributed by atoms with Crippen molar-refractivity contribution in [1.82, 2.24) is 5.32 Å². The Kier molecular flexibility index (Phi) is 6.25. The Morgan fingerprint density at radius 2 is 2.00 bits per heavy atom. The lowest BCUT2D eigenvalue weighted by atomic mass is 10.2. The van der Waals surface area contributed by atoms with Crippen LogP contribution in [-0.4, -0.2) is 26.2 Å². The fraction of sp³-hybridized carbons (Fsp3) is 0.273. The fourth-order valence-electron chi connectivity index (χ4n) is 2.89. The molecule has 0 aliphatic carbocycles. The van der Waals surface area contributed by atoms with E-state index in [1.54, 1.807) is 18.2 Å². The Bertz CT molecular complexity index is 1050. The van der Waals surface area contributed by atoms with Crippen molar-refractivity contribution in [3.63, 3.8) is 0 Å². The molecule has 7 nitrogen and oxygen atoms in total. The molecule has 1 aromatic heterocycles. The Labute approximate surface area is 168 Å². The third-order valence-electron chi connectivity index (χ3n) is 4.28. The van der Waals surface area contributed by atoms with E-state index in [0.717, 1.165) is 5.39 Å². The molecule has 1 amide bonds. The van der Waals surface area contributed by atoms with Gasteiger partial charge in [-0.25, -0.2) is 0 Å². The van der Waals surface area contributed by atoms with Crippen LogP contribution in [0.15, 0.2) is 46.9 Å². The second-order valence-corrected chi connectivity index (χ2v) is 6.31. The molecular weight excluding hydrogens is 372 g/mol. The van der Waals surface area contributed by atoms with Crippen molar-refractivity contribution in [3.8, 4) is 23.3 Å². The Morgan fingerprint density at radius 1 is 1.17 bits per heavy atom. The minimum absolute atomic E-state index is 0.197. The van der Waals surface area contributed by atoms with Gasteiger partial charge < -0.3 is 23.9 Å². The molecule has 1 atom stereocenters.